The molecule has 258 valence electrons. The fourth-order valence-corrected chi connectivity index (χ4v) is 7.07. The molecule has 0 spiro atoms. The van der Waals surface area contributed by atoms with E-state index < -0.39 is 0 Å². The van der Waals surface area contributed by atoms with E-state index in [2.05, 4.69) is 65.7 Å². The number of unbranched alkanes of at least 4 members (excludes halogenated alkanes) is 25. The molecule has 0 saturated heterocycles. The zero-order valence-corrected chi connectivity index (χ0v) is 30.6. The molecule has 0 amide bonds. The number of hydrogen-bond donors (Lipinski definition) is 0. The average Bonchev–Trinajstić information content (AvgIpc) is 3.44. The topological polar surface area (TPSA) is 8.81 Å². The highest BCUT2D eigenvalue weighted by atomic mass is 15.1. The summed E-state index contributed by atoms with van der Waals surface area (Å²) in [4.78, 5) is 0. The fourth-order valence-electron chi connectivity index (χ4n) is 7.07. The lowest BCUT2D eigenvalue weighted by molar-refractivity contribution is -0.704. The Morgan fingerprint density at radius 2 is 0.867 bits per heavy atom. The van der Waals surface area contributed by atoms with E-state index in [4.69, 9.17) is 0 Å². The van der Waals surface area contributed by atoms with Crippen molar-refractivity contribution in [1.82, 2.24) is 4.57 Å². The standard InChI is InChI=1S/C43H77N2/c1-3-5-7-9-11-13-15-16-17-18-19-20-21-22-24-26-31-37-43-44(38-32-27-25-23-14-12-10-8-6-4-2)40-41-45(43)39-33-36-42-34-29-28-30-35-42/h28-30,34-35,40-41H,3-27,31-33,36-39H2,1-2H3/q+1. The molecule has 0 bridgehead atoms. The predicted molar refractivity (Wildman–Crippen MR) is 199 cm³/mol. The van der Waals surface area contributed by atoms with Crippen molar-refractivity contribution in [1.29, 1.82) is 0 Å². The first-order chi connectivity index (χ1) is 22.3. The lowest BCUT2D eigenvalue weighted by atomic mass is 10.0. The fraction of sp³-hybridized carbons (Fsp3) is 0.791. The van der Waals surface area contributed by atoms with E-state index in [1.165, 1.54) is 205 Å². The zero-order chi connectivity index (χ0) is 31.9. The minimum atomic E-state index is 1.15. The zero-order valence-electron chi connectivity index (χ0n) is 30.6. The van der Waals surface area contributed by atoms with Gasteiger partial charge in [-0.05, 0) is 37.7 Å². The van der Waals surface area contributed by atoms with Crippen LogP contribution in [0, 0.1) is 0 Å². The summed E-state index contributed by atoms with van der Waals surface area (Å²) in [5.74, 6) is 1.58. The molecule has 0 radical (unpaired) electrons. The Morgan fingerprint density at radius 3 is 1.33 bits per heavy atom. The highest BCUT2D eigenvalue weighted by molar-refractivity contribution is 5.14. The van der Waals surface area contributed by atoms with Crippen LogP contribution in [0.15, 0.2) is 42.7 Å². The molecule has 2 heteroatoms. The predicted octanol–water partition coefficient (Wildman–Crippen LogP) is 13.5. The maximum absolute atomic E-state index is 2.61. The second kappa shape index (κ2) is 29.8. The largest absolute Gasteiger partial charge is 0.256 e. The normalized spacial score (nSPS) is 11.5. The van der Waals surface area contributed by atoms with Crippen LogP contribution in [0.5, 0.6) is 0 Å². The number of rotatable bonds is 33. The summed E-state index contributed by atoms with van der Waals surface area (Å²) in [5.41, 5.74) is 1.47. The van der Waals surface area contributed by atoms with Crippen molar-refractivity contribution >= 4 is 0 Å². The Hall–Kier alpha value is -1.57. The van der Waals surface area contributed by atoms with Crippen LogP contribution in [0.1, 0.15) is 205 Å². The van der Waals surface area contributed by atoms with Gasteiger partial charge >= 0.3 is 0 Å². The molecule has 2 rings (SSSR count). The number of aromatic nitrogens is 2. The van der Waals surface area contributed by atoms with Gasteiger partial charge in [0.2, 0.25) is 0 Å². The number of imidazole rings is 1. The van der Waals surface area contributed by atoms with Crippen LogP contribution in [0.2, 0.25) is 0 Å². The molecule has 1 aromatic carbocycles. The molecule has 0 aliphatic heterocycles. The van der Waals surface area contributed by atoms with Crippen molar-refractivity contribution in [3.05, 3.63) is 54.1 Å². The van der Waals surface area contributed by atoms with Crippen molar-refractivity contribution in [3.8, 4) is 0 Å². The quantitative estimate of drug-likeness (QED) is 0.0554. The first kappa shape index (κ1) is 39.6. The molecular formula is C43H77N2+. The minimum Gasteiger partial charge on any atom is -0.234 e. The van der Waals surface area contributed by atoms with Gasteiger partial charge in [-0.25, -0.2) is 9.13 Å². The number of aryl methyl sites for hydroxylation is 3. The third kappa shape index (κ3) is 21.8. The molecule has 0 N–H and O–H groups in total. The molecule has 0 aliphatic rings. The average molecular weight is 622 g/mol. The molecule has 0 saturated carbocycles. The number of hydrogen-bond acceptors (Lipinski definition) is 0. The van der Waals surface area contributed by atoms with Gasteiger partial charge in [0, 0.05) is 6.42 Å². The summed E-state index contributed by atoms with van der Waals surface area (Å²) < 4.78 is 5.20. The number of nitrogens with zero attached hydrogens (tertiary/aromatic N) is 2. The summed E-state index contributed by atoms with van der Waals surface area (Å²) in [5, 5.41) is 0. The lowest BCUT2D eigenvalue weighted by Gasteiger charge is -2.07. The Morgan fingerprint density at radius 1 is 0.444 bits per heavy atom. The summed E-state index contributed by atoms with van der Waals surface area (Å²) in [7, 11) is 0. The molecule has 0 aliphatic carbocycles. The Balaban J connectivity index is 1.58. The van der Waals surface area contributed by atoms with Crippen LogP contribution >= 0.6 is 0 Å². The first-order valence-electron chi connectivity index (χ1n) is 20.5. The molecule has 2 aromatic rings. The highest BCUT2D eigenvalue weighted by Crippen LogP contribution is 2.16. The van der Waals surface area contributed by atoms with Crippen molar-refractivity contribution in [2.24, 2.45) is 0 Å². The van der Waals surface area contributed by atoms with Gasteiger partial charge in [-0.2, -0.15) is 0 Å². The van der Waals surface area contributed by atoms with Crippen LogP contribution in [-0.2, 0) is 25.9 Å². The van der Waals surface area contributed by atoms with E-state index in [9.17, 15) is 0 Å². The van der Waals surface area contributed by atoms with E-state index in [0.717, 1.165) is 6.54 Å². The summed E-state index contributed by atoms with van der Waals surface area (Å²) in [6, 6.07) is 11.0. The second-order valence-corrected chi connectivity index (χ2v) is 14.3. The van der Waals surface area contributed by atoms with Crippen LogP contribution < -0.4 is 4.57 Å². The van der Waals surface area contributed by atoms with E-state index in [0.29, 0.717) is 0 Å². The molecule has 1 aromatic heterocycles. The summed E-state index contributed by atoms with van der Waals surface area (Å²) in [6.45, 7) is 6.97. The van der Waals surface area contributed by atoms with E-state index >= 15 is 0 Å². The molecular weight excluding hydrogens is 544 g/mol. The first-order valence-corrected chi connectivity index (χ1v) is 20.5. The Bertz CT molecular complexity index is 869. The van der Waals surface area contributed by atoms with Gasteiger partial charge < -0.3 is 0 Å². The van der Waals surface area contributed by atoms with Crippen LogP contribution in [0.4, 0.5) is 0 Å². The van der Waals surface area contributed by atoms with E-state index in [1.807, 2.05) is 0 Å². The van der Waals surface area contributed by atoms with Crippen LogP contribution in [-0.4, -0.2) is 4.57 Å². The van der Waals surface area contributed by atoms with Crippen molar-refractivity contribution < 1.29 is 4.57 Å². The smallest absolute Gasteiger partial charge is 0.234 e. The van der Waals surface area contributed by atoms with Crippen molar-refractivity contribution in [2.75, 3.05) is 0 Å². The lowest BCUT2D eigenvalue weighted by Crippen LogP contribution is -2.37. The highest BCUT2D eigenvalue weighted by Gasteiger charge is 2.16. The minimum absolute atomic E-state index is 1.15. The SMILES string of the molecule is CCCCCCCCCCCCCCCCCCCc1n(CCCCCCCCCCCC)cc[n+]1CCCc1ccccc1. The van der Waals surface area contributed by atoms with Gasteiger partial charge in [0.15, 0.2) is 0 Å². The van der Waals surface area contributed by atoms with Gasteiger partial charge in [0.1, 0.15) is 12.4 Å². The monoisotopic (exact) mass is 622 g/mol. The Kier molecular flexibility index (Phi) is 26.2. The third-order valence-corrected chi connectivity index (χ3v) is 10.1. The van der Waals surface area contributed by atoms with Gasteiger partial charge in [-0.1, -0.05) is 198 Å². The van der Waals surface area contributed by atoms with Gasteiger partial charge in [0.05, 0.1) is 13.1 Å². The van der Waals surface area contributed by atoms with E-state index in [1.54, 1.807) is 5.82 Å². The van der Waals surface area contributed by atoms with Gasteiger partial charge in [-0.15, -0.1) is 0 Å². The molecule has 45 heavy (non-hydrogen) atoms. The van der Waals surface area contributed by atoms with Crippen molar-refractivity contribution in [3.63, 3.8) is 0 Å². The summed E-state index contributed by atoms with van der Waals surface area (Å²) >= 11 is 0. The van der Waals surface area contributed by atoms with Crippen LogP contribution in [0.3, 0.4) is 0 Å². The number of benzene rings is 1. The van der Waals surface area contributed by atoms with Gasteiger partial charge in [0.25, 0.3) is 5.82 Å². The summed E-state index contributed by atoms with van der Waals surface area (Å²) in [6.07, 6.45) is 47.1. The maximum Gasteiger partial charge on any atom is 0.256 e. The molecule has 1 heterocycles. The van der Waals surface area contributed by atoms with Gasteiger partial charge in [-0.3, -0.25) is 0 Å². The maximum atomic E-state index is 2.61. The molecule has 0 fully saturated rings. The van der Waals surface area contributed by atoms with E-state index in [-0.39, 0.29) is 0 Å². The van der Waals surface area contributed by atoms with Crippen LogP contribution in [0.25, 0.3) is 0 Å². The third-order valence-electron chi connectivity index (χ3n) is 10.1. The molecule has 0 unspecified atom stereocenters. The van der Waals surface area contributed by atoms with Crippen molar-refractivity contribution in [2.45, 2.75) is 220 Å². The second-order valence-electron chi connectivity index (χ2n) is 14.3. The molecule has 0 atom stereocenters. The Labute approximate surface area is 282 Å². The molecule has 2 nitrogen and oxygen atoms in total.